The third-order valence-corrected chi connectivity index (χ3v) is 14.2. The number of aromatic hydroxyl groups is 1. The number of aliphatic hydroxyl groups excluding tert-OH is 1. The number of hydrogen-bond acceptors (Lipinski definition) is 13. The normalized spacial score (nSPS) is 19.6. The second kappa shape index (κ2) is 17.5. The van der Waals surface area contributed by atoms with Gasteiger partial charge in [-0.15, -0.1) is 21.5 Å². The van der Waals surface area contributed by atoms with Crippen molar-refractivity contribution >= 4 is 40.1 Å². The Morgan fingerprint density at radius 2 is 1.71 bits per heavy atom. The molecule has 3 aliphatic rings. The minimum absolute atomic E-state index is 0.0442. The largest absolute Gasteiger partial charge is 0.507 e. The monoisotopic (exact) mass is 892 g/mol. The van der Waals surface area contributed by atoms with Gasteiger partial charge in [-0.25, -0.2) is 15.0 Å². The van der Waals surface area contributed by atoms with Crippen LogP contribution in [-0.4, -0.2) is 93.6 Å². The van der Waals surface area contributed by atoms with E-state index in [2.05, 4.69) is 41.2 Å². The fourth-order valence-electron chi connectivity index (χ4n) is 9.48. The SMILES string of the molecule is Cc1ncsc1-c1ccc([C@H](C)NC(=O)[C@@H]2C[C@@H](O)CN2C(=O)[C@@H](c2cc(-c3cnc(N4CC[C@@H](c5cc6nnc(-c7ccccc7O)cc6n5CC5CC5)C4)nc3)no2)C(C)C)cc1. The van der Waals surface area contributed by atoms with Crippen molar-refractivity contribution in [3.05, 3.63) is 107 Å². The summed E-state index contributed by atoms with van der Waals surface area (Å²) in [5.41, 5.74) is 10.4. The first kappa shape index (κ1) is 42.4. The number of amides is 2. The highest BCUT2D eigenvalue weighted by Gasteiger charge is 2.43. The number of benzene rings is 2. The van der Waals surface area contributed by atoms with Crippen LogP contribution in [0.1, 0.15) is 87.0 Å². The molecule has 10 rings (SSSR count). The molecular weight excluding hydrogens is 841 g/mol. The molecule has 65 heavy (non-hydrogen) atoms. The number of rotatable bonds is 13. The molecule has 0 radical (unpaired) electrons. The lowest BCUT2D eigenvalue weighted by Crippen LogP contribution is -2.48. The van der Waals surface area contributed by atoms with Crippen molar-refractivity contribution in [3.63, 3.8) is 0 Å². The van der Waals surface area contributed by atoms with Crippen LogP contribution in [0.3, 0.4) is 0 Å². The van der Waals surface area contributed by atoms with Crippen LogP contribution in [0.4, 0.5) is 5.95 Å². The summed E-state index contributed by atoms with van der Waals surface area (Å²) < 4.78 is 8.27. The molecule has 5 aromatic heterocycles. The van der Waals surface area contributed by atoms with E-state index < -0.39 is 18.1 Å². The summed E-state index contributed by atoms with van der Waals surface area (Å²) in [6.45, 7) is 10.3. The summed E-state index contributed by atoms with van der Waals surface area (Å²) in [5, 5.41) is 37.8. The number of nitrogens with zero attached hydrogens (tertiary/aromatic N) is 9. The molecule has 16 heteroatoms. The molecule has 0 unspecified atom stereocenters. The van der Waals surface area contributed by atoms with Gasteiger partial charge in [0.1, 0.15) is 34.7 Å². The van der Waals surface area contributed by atoms with Gasteiger partial charge in [0, 0.05) is 73.8 Å². The molecule has 3 N–H and O–H groups in total. The summed E-state index contributed by atoms with van der Waals surface area (Å²) in [6.07, 6.45) is 6.14. The minimum atomic E-state index is -0.841. The maximum absolute atomic E-state index is 14.4. The van der Waals surface area contributed by atoms with Crippen molar-refractivity contribution in [1.82, 2.24) is 45.1 Å². The summed E-state index contributed by atoms with van der Waals surface area (Å²) in [5.74, 6) is 0.508. The van der Waals surface area contributed by atoms with E-state index in [1.54, 1.807) is 41.9 Å². The second-order valence-electron chi connectivity index (χ2n) is 18.2. The van der Waals surface area contributed by atoms with E-state index in [-0.39, 0.29) is 48.4 Å². The van der Waals surface area contributed by atoms with Crippen LogP contribution in [0.25, 0.3) is 44.0 Å². The van der Waals surface area contributed by atoms with E-state index in [1.807, 2.05) is 75.7 Å². The second-order valence-corrected chi connectivity index (χ2v) is 19.0. The molecule has 7 heterocycles. The first-order valence-electron chi connectivity index (χ1n) is 22.5. The smallest absolute Gasteiger partial charge is 0.243 e. The number of nitrogens with one attached hydrogen (secondary N) is 1. The van der Waals surface area contributed by atoms with E-state index in [4.69, 9.17) is 14.5 Å². The number of para-hydroxylation sites is 1. The zero-order valence-electron chi connectivity index (χ0n) is 36.8. The van der Waals surface area contributed by atoms with E-state index in [0.717, 1.165) is 58.8 Å². The number of aryl methyl sites for hydroxylation is 1. The lowest BCUT2D eigenvalue weighted by atomic mass is 9.91. The van der Waals surface area contributed by atoms with Crippen molar-refractivity contribution in [2.75, 3.05) is 24.5 Å². The number of carbonyl (C=O) groups is 2. The first-order chi connectivity index (χ1) is 31.5. The Labute approximate surface area is 380 Å². The van der Waals surface area contributed by atoms with Gasteiger partial charge in [-0.2, -0.15) is 0 Å². The molecule has 2 aromatic carbocycles. The number of phenols is 1. The molecule has 3 fully saturated rings. The number of β-amino-alcohol motifs (C(OH)–C–C–N with tert-alkyl or cyclic N) is 1. The van der Waals surface area contributed by atoms with Gasteiger partial charge in [0.05, 0.1) is 39.4 Å². The summed E-state index contributed by atoms with van der Waals surface area (Å²) >= 11 is 1.59. The third kappa shape index (κ3) is 8.48. The average molecular weight is 893 g/mol. The highest BCUT2D eigenvalue weighted by molar-refractivity contribution is 7.13. The maximum Gasteiger partial charge on any atom is 0.243 e. The number of fused-ring (bicyclic) bond motifs is 1. The van der Waals surface area contributed by atoms with Crippen LogP contribution in [0, 0.1) is 18.8 Å². The molecule has 2 aliphatic heterocycles. The fraction of sp³-hybridized carbons (Fsp3) is 0.388. The molecule has 2 saturated heterocycles. The van der Waals surface area contributed by atoms with Crippen LogP contribution in [0.2, 0.25) is 0 Å². The Kier molecular flexibility index (Phi) is 11.4. The van der Waals surface area contributed by atoms with E-state index >= 15 is 0 Å². The van der Waals surface area contributed by atoms with Gasteiger partial charge in [0.2, 0.25) is 17.8 Å². The molecule has 334 valence electrons. The number of carbonyl (C=O) groups excluding carboxylic acids is 2. The standard InChI is InChI=1S/C49H52N10O5S/c1-27(2)45(48(63)59-25-35(60)17-42(59)47(62)53-28(3)31-11-13-32(14-12-31)46-29(4)52-26-65-46)44-20-37(56-64-44)34-21-50-49(51-22-34)57-16-15-33(24-57)40-19-39-41(58(40)23-30-9-10-30)18-38(54-55-39)36-7-5-6-8-43(36)61/h5-8,11-14,18-22,26-28,30,33,35,42,45,60-61H,9-10,15-17,23-25H2,1-4H3,(H,53,62)/t28-,33+,35+,42-,45+/m0/s1. The van der Waals surface area contributed by atoms with Gasteiger partial charge in [0.15, 0.2) is 0 Å². The molecule has 0 bridgehead atoms. The molecule has 0 spiro atoms. The number of likely N-dealkylation sites (tertiary alicyclic amines) is 1. The van der Waals surface area contributed by atoms with Crippen molar-refractivity contribution in [3.8, 4) is 38.7 Å². The lowest BCUT2D eigenvalue weighted by molar-refractivity contribution is -0.141. The molecule has 7 aromatic rings. The fourth-order valence-corrected chi connectivity index (χ4v) is 10.3. The van der Waals surface area contributed by atoms with Crippen LogP contribution in [-0.2, 0) is 16.1 Å². The van der Waals surface area contributed by atoms with Gasteiger partial charge in [-0.3, -0.25) is 9.59 Å². The highest BCUT2D eigenvalue weighted by atomic mass is 32.1. The van der Waals surface area contributed by atoms with Gasteiger partial charge in [0.25, 0.3) is 0 Å². The predicted molar refractivity (Wildman–Crippen MR) is 247 cm³/mol. The number of anilines is 1. The molecular formula is C49H52N10O5S. The number of thiazole rings is 1. The van der Waals surface area contributed by atoms with Crippen molar-refractivity contribution in [2.24, 2.45) is 11.8 Å². The van der Waals surface area contributed by atoms with E-state index in [0.29, 0.717) is 40.1 Å². The average Bonchev–Trinajstić information content (AvgIpc) is 3.83. The molecule has 2 amide bonds. The van der Waals surface area contributed by atoms with E-state index in [1.165, 1.54) is 23.4 Å². The number of phenolic OH excluding ortho intramolecular Hbond substituents is 1. The zero-order valence-corrected chi connectivity index (χ0v) is 37.7. The maximum atomic E-state index is 14.4. The van der Waals surface area contributed by atoms with Crippen molar-refractivity contribution < 1.29 is 24.3 Å². The van der Waals surface area contributed by atoms with Crippen molar-refractivity contribution in [1.29, 1.82) is 0 Å². The van der Waals surface area contributed by atoms with Crippen molar-refractivity contribution in [2.45, 2.75) is 89.9 Å². The lowest BCUT2D eigenvalue weighted by Gasteiger charge is -2.29. The molecule has 5 atom stereocenters. The Morgan fingerprint density at radius 1 is 0.923 bits per heavy atom. The number of hydrogen-bond donors (Lipinski definition) is 3. The minimum Gasteiger partial charge on any atom is -0.507 e. The summed E-state index contributed by atoms with van der Waals surface area (Å²) in [7, 11) is 0. The van der Waals surface area contributed by atoms with Gasteiger partial charge in [-0.1, -0.05) is 55.4 Å². The quantitative estimate of drug-likeness (QED) is 0.103. The number of aromatic nitrogens is 7. The summed E-state index contributed by atoms with van der Waals surface area (Å²) in [6, 6.07) is 20.1. The van der Waals surface area contributed by atoms with E-state index in [9.17, 15) is 19.8 Å². The summed E-state index contributed by atoms with van der Waals surface area (Å²) in [4.78, 5) is 46.8. The van der Waals surface area contributed by atoms with Crippen LogP contribution >= 0.6 is 11.3 Å². The van der Waals surface area contributed by atoms with Gasteiger partial charge >= 0.3 is 0 Å². The highest BCUT2D eigenvalue weighted by Crippen LogP contribution is 2.39. The van der Waals surface area contributed by atoms with Crippen LogP contribution in [0.5, 0.6) is 5.75 Å². The Morgan fingerprint density at radius 3 is 2.43 bits per heavy atom. The Bertz CT molecular complexity index is 2850. The van der Waals surface area contributed by atoms with Crippen LogP contribution < -0.4 is 10.2 Å². The van der Waals surface area contributed by atoms with Gasteiger partial charge < -0.3 is 34.4 Å². The first-order valence-corrected chi connectivity index (χ1v) is 23.4. The Balaban J connectivity index is 0.809. The Hall–Kier alpha value is -6.52. The molecule has 1 saturated carbocycles. The van der Waals surface area contributed by atoms with Gasteiger partial charge in [-0.05, 0) is 80.3 Å². The predicted octanol–water partition coefficient (Wildman–Crippen LogP) is 7.66. The number of aliphatic hydroxyl groups is 1. The third-order valence-electron chi connectivity index (χ3n) is 13.2. The molecule has 15 nitrogen and oxygen atoms in total. The zero-order chi connectivity index (χ0) is 44.9. The topological polar surface area (TPSA) is 189 Å². The molecule has 1 aliphatic carbocycles. The van der Waals surface area contributed by atoms with Crippen LogP contribution in [0.15, 0.2) is 89.2 Å².